The van der Waals surface area contributed by atoms with Crippen molar-refractivity contribution in [3.63, 3.8) is 0 Å². The van der Waals surface area contributed by atoms with Gasteiger partial charge in [0.15, 0.2) is 0 Å². The quantitative estimate of drug-likeness (QED) is 0.853. The molecule has 2 aliphatic carbocycles. The number of fused-ring (bicyclic) bond motifs is 3. The van der Waals surface area contributed by atoms with Crippen LogP contribution in [0.1, 0.15) is 36.9 Å². The van der Waals surface area contributed by atoms with E-state index in [1.807, 2.05) is 6.07 Å². The fourth-order valence-electron chi connectivity index (χ4n) is 4.62. The molecule has 0 N–H and O–H groups in total. The van der Waals surface area contributed by atoms with Crippen molar-refractivity contribution in [2.24, 2.45) is 18.4 Å². The van der Waals surface area contributed by atoms with Gasteiger partial charge in [0.25, 0.3) is 0 Å². The van der Waals surface area contributed by atoms with E-state index in [0.717, 1.165) is 38.0 Å². The van der Waals surface area contributed by atoms with Crippen LogP contribution in [0, 0.1) is 11.3 Å². The van der Waals surface area contributed by atoms with Crippen molar-refractivity contribution in [2.75, 3.05) is 13.1 Å². The Morgan fingerprint density at radius 3 is 2.67 bits per heavy atom. The van der Waals surface area contributed by atoms with Crippen molar-refractivity contribution in [3.8, 4) is 11.3 Å². The second-order valence-corrected chi connectivity index (χ2v) is 8.04. The number of carbonyl (C=O) groups is 1. The fourth-order valence-corrected chi connectivity index (χ4v) is 4.62. The van der Waals surface area contributed by atoms with E-state index in [2.05, 4.69) is 47.8 Å². The Kier molecular flexibility index (Phi) is 2.80. The summed E-state index contributed by atoms with van der Waals surface area (Å²) in [4.78, 5) is 14.9. The molecule has 1 saturated carbocycles. The predicted octanol–water partition coefficient (Wildman–Crippen LogP) is 2.99. The summed E-state index contributed by atoms with van der Waals surface area (Å²) in [6.07, 6.45) is 3.17. The lowest BCUT2D eigenvalue weighted by Crippen LogP contribution is -2.35. The maximum atomic E-state index is 12.7. The van der Waals surface area contributed by atoms with E-state index in [-0.39, 0.29) is 5.41 Å². The zero-order valence-electron chi connectivity index (χ0n) is 14.3. The molecule has 2 aromatic rings. The van der Waals surface area contributed by atoms with Crippen LogP contribution in [0.4, 0.5) is 0 Å². The van der Waals surface area contributed by atoms with Gasteiger partial charge in [-0.1, -0.05) is 37.3 Å². The molecule has 0 spiro atoms. The molecule has 2 heterocycles. The van der Waals surface area contributed by atoms with Crippen LogP contribution in [0.3, 0.4) is 0 Å². The van der Waals surface area contributed by atoms with Crippen LogP contribution in [-0.2, 0) is 18.3 Å². The number of hydrogen-bond acceptors (Lipinski definition) is 2. The highest BCUT2D eigenvalue weighted by Crippen LogP contribution is 2.51. The maximum absolute atomic E-state index is 12.7. The molecular weight excluding hydrogens is 298 g/mol. The molecule has 1 saturated heterocycles. The summed E-state index contributed by atoms with van der Waals surface area (Å²) in [6, 6.07) is 10.5. The molecule has 2 atom stereocenters. The van der Waals surface area contributed by atoms with Gasteiger partial charge in [0.05, 0.1) is 5.69 Å². The van der Waals surface area contributed by atoms with Crippen LogP contribution in [0.2, 0.25) is 0 Å². The Morgan fingerprint density at radius 1 is 1.21 bits per heavy atom. The fraction of sp³-hybridized carbons (Fsp3) is 0.500. The second kappa shape index (κ2) is 4.71. The average molecular weight is 321 g/mol. The highest BCUT2D eigenvalue weighted by molar-refractivity contribution is 5.85. The van der Waals surface area contributed by atoms with Gasteiger partial charge in [-0.2, -0.15) is 5.10 Å². The topological polar surface area (TPSA) is 38.1 Å². The molecule has 124 valence electrons. The maximum Gasteiger partial charge on any atom is 0.228 e. The summed E-state index contributed by atoms with van der Waals surface area (Å²) in [5, 5.41) is 4.81. The van der Waals surface area contributed by atoms with Gasteiger partial charge in [0.2, 0.25) is 5.91 Å². The van der Waals surface area contributed by atoms with E-state index in [0.29, 0.717) is 17.7 Å². The van der Waals surface area contributed by atoms with Crippen molar-refractivity contribution >= 4 is 5.91 Å². The number of aromatic nitrogens is 2. The molecule has 1 aromatic heterocycles. The molecule has 0 unspecified atom stereocenters. The van der Waals surface area contributed by atoms with Crippen molar-refractivity contribution < 1.29 is 4.79 Å². The summed E-state index contributed by atoms with van der Waals surface area (Å²) < 4.78 is 2.06. The summed E-state index contributed by atoms with van der Waals surface area (Å²) in [7, 11) is 2.06. The van der Waals surface area contributed by atoms with Gasteiger partial charge in [0.1, 0.15) is 0 Å². The van der Waals surface area contributed by atoms with Crippen molar-refractivity contribution in [2.45, 2.75) is 32.1 Å². The van der Waals surface area contributed by atoms with Gasteiger partial charge in [-0.25, -0.2) is 0 Å². The molecular formula is C20H23N3O. The number of hydrogen-bond donors (Lipinski definition) is 0. The van der Waals surface area contributed by atoms with Gasteiger partial charge in [0, 0.05) is 48.3 Å². The second-order valence-electron chi connectivity index (χ2n) is 8.04. The molecule has 4 nitrogen and oxygen atoms in total. The normalized spacial score (nSPS) is 26.3. The number of aryl methyl sites for hydroxylation is 1. The smallest absolute Gasteiger partial charge is 0.228 e. The number of carbonyl (C=O) groups excluding carboxylic acids is 1. The first kappa shape index (κ1) is 14.3. The summed E-state index contributed by atoms with van der Waals surface area (Å²) in [5.74, 6) is 1.40. The van der Waals surface area contributed by atoms with Gasteiger partial charge >= 0.3 is 0 Å². The first-order valence-corrected chi connectivity index (χ1v) is 8.97. The van der Waals surface area contributed by atoms with Gasteiger partial charge in [-0.15, -0.1) is 0 Å². The SMILES string of the molecule is Cn1nc(-c2ccccc2)c2c1C[C@H]1CN(C(=O)C3(C)CC3)C[C@H]21. The zero-order chi connectivity index (χ0) is 16.5. The number of benzene rings is 1. The minimum atomic E-state index is -0.0569. The van der Waals surface area contributed by atoms with E-state index in [1.54, 1.807) is 0 Å². The predicted molar refractivity (Wildman–Crippen MR) is 92.5 cm³/mol. The molecule has 0 radical (unpaired) electrons. The van der Waals surface area contributed by atoms with Gasteiger partial charge in [-0.3, -0.25) is 9.48 Å². The Balaban J connectivity index is 1.50. The third-order valence-electron chi connectivity index (χ3n) is 6.32. The third-order valence-corrected chi connectivity index (χ3v) is 6.32. The molecule has 3 aliphatic rings. The molecule has 1 aromatic carbocycles. The molecule has 5 rings (SSSR count). The van der Waals surface area contributed by atoms with Crippen LogP contribution in [0.25, 0.3) is 11.3 Å². The van der Waals surface area contributed by atoms with Crippen molar-refractivity contribution in [1.82, 2.24) is 14.7 Å². The standard InChI is InChI=1S/C20H23N3O/c1-20(8-9-20)19(24)23-11-14-10-16-17(15(14)12-23)18(21-22(16)2)13-6-4-3-5-7-13/h3-7,14-15H,8-12H2,1-2H3/t14-,15-/m0/s1. The summed E-state index contributed by atoms with van der Waals surface area (Å²) in [6.45, 7) is 3.91. The van der Waals surface area contributed by atoms with E-state index < -0.39 is 0 Å². The number of likely N-dealkylation sites (tertiary alicyclic amines) is 1. The summed E-state index contributed by atoms with van der Waals surface area (Å²) >= 11 is 0. The molecule has 0 bridgehead atoms. The van der Waals surface area contributed by atoms with Crippen LogP contribution in [0.5, 0.6) is 0 Å². The number of rotatable bonds is 2. The third kappa shape index (κ3) is 1.92. The monoisotopic (exact) mass is 321 g/mol. The Hall–Kier alpha value is -2.10. The molecule has 24 heavy (non-hydrogen) atoms. The minimum Gasteiger partial charge on any atom is -0.341 e. The number of nitrogens with zero attached hydrogens (tertiary/aromatic N) is 3. The lowest BCUT2D eigenvalue weighted by molar-refractivity contribution is -0.135. The van der Waals surface area contributed by atoms with Crippen LogP contribution < -0.4 is 0 Å². The molecule has 4 heteroatoms. The van der Waals surface area contributed by atoms with E-state index in [4.69, 9.17) is 5.10 Å². The Bertz CT molecular complexity index is 819. The number of amides is 1. The summed E-state index contributed by atoms with van der Waals surface area (Å²) in [5.41, 5.74) is 5.01. The highest BCUT2D eigenvalue weighted by Gasteiger charge is 2.52. The van der Waals surface area contributed by atoms with Crippen molar-refractivity contribution in [3.05, 3.63) is 41.6 Å². The van der Waals surface area contributed by atoms with Crippen molar-refractivity contribution in [1.29, 1.82) is 0 Å². The van der Waals surface area contributed by atoms with E-state index in [1.165, 1.54) is 16.8 Å². The molecule has 1 amide bonds. The average Bonchev–Trinajstić information content (AvgIpc) is 2.94. The Morgan fingerprint density at radius 2 is 1.96 bits per heavy atom. The first-order valence-electron chi connectivity index (χ1n) is 8.97. The van der Waals surface area contributed by atoms with Crippen LogP contribution >= 0.6 is 0 Å². The molecule has 2 fully saturated rings. The zero-order valence-corrected chi connectivity index (χ0v) is 14.3. The lowest BCUT2D eigenvalue weighted by atomic mass is 9.94. The first-order chi connectivity index (χ1) is 11.6. The largest absolute Gasteiger partial charge is 0.341 e. The van der Waals surface area contributed by atoms with E-state index in [9.17, 15) is 4.79 Å². The lowest BCUT2D eigenvalue weighted by Gasteiger charge is -2.21. The van der Waals surface area contributed by atoms with Crippen LogP contribution in [-0.4, -0.2) is 33.7 Å². The highest BCUT2D eigenvalue weighted by atomic mass is 16.2. The molecule has 1 aliphatic heterocycles. The minimum absolute atomic E-state index is 0.0569. The van der Waals surface area contributed by atoms with Crippen LogP contribution in [0.15, 0.2) is 30.3 Å². The Labute approximate surface area is 142 Å². The van der Waals surface area contributed by atoms with Gasteiger partial charge in [-0.05, 0) is 25.2 Å². The van der Waals surface area contributed by atoms with E-state index >= 15 is 0 Å². The van der Waals surface area contributed by atoms with Gasteiger partial charge < -0.3 is 4.90 Å².